The van der Waals surface area contributed by atoms with Crippen molar-refractivity contribution in [2.75, 3.05) is 9.80 Å². The van der Waals surface area contributed by atoms with Crippen LogP contribution in [0.5, 0.6) is 0 Å². The molecule has 3 rings (SSSR count). The van der Waals surface area contributed by atoms with Crippen LogP contribution in [0, 0.1) is 20.2 Å². The Kier molecular flexibility index (Phi) is 7.00. The highest BCUT2D eigenvalue weighted by molar-refractivity contribution is 6.02. The Morgan fingerprint density at radius 1 is 0.667 bits per heavy atom. The number of carboxylic acid groups (broad SMARTS) is 2. The number of non-ortho nitro benzene ring substituents is 2. The summed E-state index contributed by atoms with van der Waals surface area (Å²) in [6.07, 6.45) is 0.474. The molecule has 36 heavy (non-hydrogen) atoms. The van der Waals surface area contributed by atoms with Gasteiger partial charge >= 0.3 is 11.9 Å². The summed E-state index contributed by atoms with van der Waals surface area (Å²) in [5.74, 6) is -2.88. The second-order valence-electron chi connectivity index (χ2n) is 6.99. The predicted octanol–water partition coefficient (Wildman–Crippen LogP) is 3.49. The molecule has 0 bridgehead atoms. The van der Waals surface area contributed by atoms with Gasteiger partial charge in [0, 0.05) is 35.6 Å². The van der Waals surface area contributed by atoms with E-state index in [0.29, 0.717) is 0 Å². The highest BCUT2D eigenvalue weighted by Crippen LogP contribution is 2.35. The Labute approximate surface area is 200 Å². The molecule has 2 amide bonds. The smallest absolute Gasteiger partial charge is 0.337 e. The molecule has 14 nitrogen and oxygen atoms in total. The van der Waals surface area contributed by atoms with Crippen molar-refractivity contribution in [3.63, 3.8) is 0 Å². The van der Waals surface area contributed by atoms with Gasteiger partial charge < -0.3 is 10.2 Å². The molecule has 0 fully saturated rings. The predicted molar refractivity (Wildman–Crippen MR) is 123 cm³/mol. The summed E-state index contributed by atoms with van der Waals surface area (Å²) in [4.78, 5) is 69.3. The lowest BCUT2D eigenvalue weighted by atomic mass is 10.1. The first kappa shape index (κ1) is 25.0. The molecule has 3 aromatic rings. The van der Waals surface area contributed by atoms with Gasteiger partial charge in [-0.05, 0) is 36.4 Å². The first-order chi connectivity index (χ1) is 17.1. The van der Waals surface area contributed by atoms with E-state index in [2.05, 4.69) is 0 Å². The van der Waals surface area contributed by atoms with Crippen molar-refractivity contribution in [2.24, 2.45) is 0 Å². The van der Waals surface area contributed by atoms with E-state index in [9.17, 15) is 49.6 Å². The van der Waals surface area contributed by atoms with Gasteiger partial charge in [-0.2, -0.15) is 0 Å². The van der Waals surface area contributed by atoms with Crippen LogP contribution < -0.4 is 9.80 Å². The van der Waals surface area contributed by atoms with Crippen LogP contribution in [-0.2, 0) is 9.59 Å². The molecular formula is C22H14N4O10. The molecule has 2 N–H and O–H groups in total. The van der Waals surface area contributed by atoms with Gasteiger partial charge in [0.1, 0.15) is 0 Å². The molecule has 0 aliphatic rings. The molecule has 0 heterocycles. The minimum atomic E-state index is -1.44. The van der Waals surface area contributed by atoms with Crippen LogP contribution in [-0.4, -0.2) is 44.8 Å². The number of nitrogens with zero attached hydrogens (tertiary/aromatic N) is 4. The molecular weight excluding hydrogens is 480 g/mol. The van der Waals surface area contributed by atoms with E-state index in [-0.39, 0.29) is 35.6 Å². The van der Waals surface area contributed by atoms with Crippen LogP contribution in [0.2, 0.25) is 0 Å². The zero-order valence-electron chi connectivity index (χ0n) is 17.9. The zero-order chi connectivity index (χ0) is 26.6. The van der Waals surface area contributed by atoms with Gasteiger partial charge in [-0.15, -0.1) is 0 Å². The van der Waals surface area contributed by atoms with Gasteiger partial charge in [0.2, 0.25) is 12.8 Å². The van der Waals surface area contributed by atoms with Gasteiger partial charge in [0.05, 0.1) is 32.3 Å². The molecule has 14 heteroatoms. The number of hydrogen-bond acceptors (Lipinski definition) is 8. The minimum Gasteiger partial charge on any atom is -0.478 e. The lowest BCUT2D eigenvalue weighted by molar-refractivity contribution is -0.385. The maximum atomic E-state index is 11.8. The molecule has 0 spiro atoms. The number of carbonyl (C=O) groups is 4. The molecule has 0 saturated heterocycles. The number of nitro groups is 2. The molecule has 3 aromatic carbocycles. The number of rotatable bonds is 10. The fraction of sp³-hybridized carbons (Fsp3) is 0. The van der Waals surface area contributed by atoms with Crippen LogP contribution in [0.3, 0.4) is 0 Å². The zero-order valence-corrected chi connectivity index (χ0v) is 17.9. The summed E-state index contributed by atoms with van der Waals surface area (Å²) in [5.41, 5.74) is -2.18. The fourth-order valence-corrected chi connectivity index (χ4v) is 3.31. The largest absolute Gasteiger partial charge is 0.478 e. The summed E-state index contributed by atoms with van der Waals surface area (Å²) < 4.78 is 0. The Morgan fingerprint density at radius 2 is 1.00 bits per heavy atom. The van der Waals surface area contributed by atoms with E-state index in [4.69, 9.17) is 0 Å². The molecule has 0 saturated carbocycles. The Morgan fingerprint density at radius 3 is 1.25 bits per heavy atom. The molecule has 0 unspecified atom stereocenters. The van der Waals surface area contributed by atoms with E-state index in [1.54, 1.807) is 0 Å². The van der Waals surface area contributed by atoms with E-state index in [1.165, 1.54) is 24.3 Å². The summed E-state index contributed by atoms with van der Waals surface area (Å²) in [6.45, 7) is 0. The Balaban J connectivity index is 2.08. The summed E-state index contributed by atoms with van der Waals surface area (Å²) in [5, 5.41) is 41.2. The minimum absolute atomic E-state index is 0.0556. The third-order valence-electron chi connectivity index (χ3n) is 4.98. The Hall–Kier alpha value is -5.66. The first-order valence-electron chi connectivity index (χ1n) is 9.71. The molecule has 0 aliphatic heterocycles. The van der Waals surface area contributed by atoms with Crippen LogP contribution in [0.1, 0.15) is 20.7 Å². The number of nitro benzene ring substituents is 2. The van der Waals surface area contributed by atoms with Crippen molar-refractivity contribution < 1.29 is 39.2 Å². The van der Waals surface area contributed by atoms with Crippen LogP contribution in [0.25, 0.3) is 0 Å². The van der Waals surface area contributed by atoms with Crippen molar-refractivity contribution in [3.8, 4) is 0 Å². The summed E-state index contributed by atoms with van der Waals surface area (Å²) in [6, 6.07) is 10.8. The maximum Gasteiger partial charge on any atom is 0.337 e. The van der Waals surface area contributed by atoms with Crippen molar-refractivity contribution in [1.29, 1.82) is 0 Å². The fourth-order valence-electron chi connectivity index (χ4n) is 3.31. The molecule has 182 valence electrons. The summed E-state index contributed by atoms with van der Waals surface area (Å²) >= 11 is 0. The normalized spacial score (nSPS) is 10.2. The average Bonchev–Trinajstić information content (AvgIpc) is 2.85. The van der Waals surface area contributed by atoms with Gasteiger partial charge in [0.15, 0.2) is 0 Å². The van der Waals surface area contributed by atoms with Gasteiger partial charge in [-0.3, -0.25) is 39.6 Å². The van der Waals surface area contributed by atoms with Crippen molar-refractivity contribution in [2.45, 2.75) is 0 Å². The number of carboxylic acids is 2. The van der Waals surface area contributed by atoms with Crippen LogP contribution in [0.4, 0.5) is 34.1 Å². The van der Waals surface area contributed by atoms with E-state index in [0.717, 1.165) is 46.2 Å². The molecule has 0 radical (unpaired) electrons. The molecule has 0 aliphatic carbocycles. The number of aromatic carboxylic acids is 2. The first-order valence-corrected chi connectivity index (χ1v) is 9.71. The van der Waals surface area contributed by atoms with Crippen molar-refractivity contribution >= 4 is 58.9 Å². The molecule has 0 aromatic heterocycles. The van der Waals surface area contributed by atoms with Gasteiger partial charge in [0.25, 0.3) is 11.4 Å². The van der Waals surface area contributed by atoms with E-state index < -0.39 is 44.3 Å². The number of carbonyl (C=O) groups excluding carboxylic acids is 2. The highest BCUT2D eigenvalue weighted by atomic mass is 16.6. The second-order valence-corrected chi connectivity index (χ2v) is 6.99. The third-order valence-corrected chi connectivity index (χ3v) is 4.98. The van der Waals surface area contributed by atoms with E-state index >= 15 is 0 Å². The lowest BCUT2D eigenvalue weighted by Crippen LogP contribution is -2.19. The quantitative estimate of drug-likeness (QED) is 0.239. The monoisotopic (exact) mass is 494 g/mol. The van der Waals surface area contributed by atoms with Crippen molar-refractivity contribution in [1.82, 2.24) is 0 Å². The number of amides is 2. The SMILES string of the molecule is O=CN(c1ccc(N(C=O)c2cc([N+](=O)[O-])ccc2C(=O)O)cc1)c1cc([N+](=O)[O-])ccc1C(=O)O. The summed E-state index contributed by atoms with van der Waals surface area (Å²) in [7, 11) is 0. The number of benzene rings is 3. The topological polar surface area (TPSA) is 202 Å². The van der Waals surface area contributed by atoms with Crippen molar-refractivity contribution in [3.05, 3.63) is 92.0 Å². The molecule has 0 atom stereocenters. The van der Waals surface area contributed by atoms with Gasteiger partial charge in [-0.25, -0.2) is 9.59 Å². The standard InChI is InChI=1S/C22H14N4O10/c27-11-23(19-9-15(25(33)34)5-7-17(19)21(29)30)13-1-2-14(4-3-13)24(12-28)20-10-16(26(35)36)6-8-18(20)22(31)32/h1-12H,(H,29,30)(H,31,32). The third kappa shape index (κ3) is 4.81. The lowest BCUT2D eigenvalue weighted by Gasteiger charge is -2.22. The number of hydrogen-bond donors (Lipinski definition) is 2. The Bertz CT molecular complexity index is 1300. The second kappa shape index (κ2) is 10.1. The van der Waals surface area contributed by atoms with Crippen LogP contribution in [0.15, 0.2) is 60.7 Å². The average molecular weight is 494 g/mol. The number of anilines is 4. The van der Waals surface area contributed by atoms with Crippen LogP contribution >= 0.6 is 0 Å². The van der Waals surface area contributed by atoms with E-state index in [1.807, 2.05) is 0 Å². The maximum absolute atomic E-state index is 11.8. The highest BCUT2D eigenvalue weighted by Gasteiger charge is 2.23. The van der Waals surface area contributed by atoms with Gasteiger partial charge in [-0.1, -0.05) is 0 Å².